The van der Waals surface area contributed by atoms with E-state index in [4.69, 9.17) is 4.74 Å². The zero-order valence-corrected chi connectivity index (χ0v) is 16.3. The molecule has 6 nitrogen and oxygen atoms in total. The zero-order valence-electron chi connectivity index (χ0n) is 15.5. The molecule has 1 aliphatic heterocycles. The SMILES string of the molecule is COc1ccc(C(=O)N[C@H](C)c2ccccc2)cc1S(=O)(=O)N1CCCC1. The van der Waals surface area contributed by atoms with E-state index in [1.807, 2.05) is 37.3 Å². The Bertz CT molecular complexity index is 907. The summed E-state index contributed by atoms with van der Waals surface area (Å²) in [7, 11) is -2.26. The molecule has 1 saturated heterocycles. The third-order valence-electron chi connectivity index (χ3n) is 4.76. The van der Waals surface area contributed by atoms with Gasteiger partial charge in [0.05, 0.1) is 13.2 Å². The smallest absolute Gasteiger partial charge is 0.251 e. The van der Waals surface area contributed by atoms with Crippen molar-refractivity contribution in [1.82, 2.24) is 9.62 Å². The van der Waals surface area contributed by atoms with Crippen LogP contribution < -0.4 is 10.1 Å². The summed E-state index contributed by atoms with van der Waals surface area (Å²) in [6.45, 7) is 2.87. The van der Waals surface area contributed by atoms with E-state index in [1.165, 1.54) is 23.5 Å². The topological polar surface area (TPSA) is 75.7 Å². The Morgan fingerprint density at radius 1 is 1.11 bits per heavy atom. The molecule has 2 aromatic rings. The number of carbonyl (C=O) groups is 1. The standard InChI is InChI=1S/C20H24N2O4S/c1-15(16-8-4-3-5-9-16)21-20(23)17-10-11-18(26-2)19(14-17)27(24,25)22-12-6-7-13-22/h3-5,8-11,14-15H,6-7,12-13H2,1-2H3,(H,21,23)/t15-/m1/s1. The molecule has 1 heterocycles. The lowest BCUT2D eigenvalue weighted by atomic mass is 10.1. The lowest BCUT2D eigenvalue weighted by Crippen LogP contribution is -2.29. The second kappa shape index (κ2) is 8.10. The Hall–Kier alpha value is -2.38. The van der Waals surface area contributed by atoms with E-state index in [0.29, 0.717) is 13.1 Å². The first-order chi connectivity index (χ1) is 12.9. The van der Waals surface area contributed by atoms with Crippen LogP contribution in [0.1, 0.15) is 41.7 Å². The molecule has 1 atom stereocenters. The number of amides is 1. The second-order valence-corrected chi connectivity index (χ2v) is 8.49. The van der Waals surface area contributed by atoms with Gasteiger partial charge in [-0.1, -0.05) is 30.3 Å². The normalized spacial score (nSPS) is 16.1. The van der Waals surface area contributed by atoms with E-state index >= 15 is 0 Å². The summed E-state index contributed by atoms with van der Waals surface area (Å²) in [5.74, 6) is -0.0820. The van der Waals surface area contributed by atoms with Gasteiger partial charge in [0.2, 0.25) is 10.0 Å². The maximum Gasteiger partial charge on any atom is 0.251 e. The van der Waals surface area contributed by atoms with Crippen molar-refractivity contribution in [3.8, 4) is 5.75 Å². The van der Waals surface area contributed by atoms with Crippen molar-refractivity contribution in [2.24, 2.45) is 0 Å². The summed E-state index contributed by atoms with van der Waals surface area (Å²) >= 11 is 0. The highest BCUT2D eigenvalue weighted by molar-refractivity contribution is 7.89. The monoisotopic (exact) mass is 388 g/mol. The van der Waals surface area contributed by atoms with E-state index in [2.05, 4.69) is 5.32 Å². The number of ether oxygens (including phenoxy) is 1. The summed E-state index contributed by atoms with van der Waals surface area (Å²) in [5.41, 5.74) is 1.26. The molecular formula is C20H24N2O4S. The molecule has 0 aromatic heterocycles. The Kier molecular flexibility index (Phi) is 5.82. The first-order valence-corrected chi connectivity index (χ1v) is 10.4. The number of benzene rings is 2. The van der Waals surface area contributed by atoms with Gasteiger partial charge in [-0.05, 0) is 43.5 Å². The van der Waals surface area contributed by atoms with Gasteiger partial charge in [0.25, 0.3) is 5.91 Å². The van der Waals surface area contributed by atoms with Crippen LogP contribution in [0.15, 0.2) is 53.4 Å². The fourth-order valence-electron chi connectivity index (χ4n) is 3.19. The maximum absolute atomic E-state index is 12.9. The number of rotatable bonds is 6. The molecule has 2 aromatic carbocycles. The van der Waals surface area contributed by atoms with Gasteiger partial charge < -0.3 is 10.1 Å². The number of nitrogens with one attached hydrogen (secondary N) is 1. The van der Waals surface area contributed by atoms with Crippen LogP contribution in [0, 0.1) is 0 Å². The zero-order chi connectivity index (χ0) is 19.4. The van der Waals surface area contributed by atoms with Gasteiger partial charge in [-0.15, -0.1) is 0 Å². The van der Waals surface area contributed by atoms with Crippen LogP contribution in [0.5, 0.6) is 5.75 Å². The van der Waals surface area contributed by atoms with Crippen LogP contribution in [0.2, 0.25) is 0 Å². The van der Waals surface area contributed by atoms with E-state index < -0.39 is 10.0 Å². The molecule has 0 unspecified atom stereocenters. The average Bonchev–Trinajstić information content (AvgIpc) is 3.23. The molecule has 0 bridgehead atoms. The van der Waals surface area contributed by atoms with Gasteiger partial charge >= 0.3 is 0 Å². The number of carbonyl (C=O) groups excluding carboxylic acids is 1. The molecule has 1 fully saturated rings. The molecule has 0 spiro atoms. The second-order valence-electron chi connectivity index (χ2n) is 6.58. The third-order valence-corrected chi connectivity index (χ3v) is 6.68. The van der Waals surface area contributed by atoms with Crippen LogP contribution in [-0.4, -0.2) is 38.8 Å². The first kappa shape index (κ1) is 19.4. The van der Waals surface area contributed by atoms with Crippen LogP contribution in [0.3, 0.4) is 0 Å². The molecule has 0 radical (unpaired) electrons. The minimum absolute atomic E-state index is 0.0342. The van der Waals surface area contributed by atoms with E-state index in [9.17, 15) is 13.2 Å². The maximum atomic E-state index is 12.9. The van der Waals surface area contributed by atoms with Gasteiger partial charge in [-0.25, -0.2) is 8.42 Å². The van der Waals surface area contributed by atoms with Crippen LogP contribution in [0.25, 0.3) is 0 Å². The lowest BCUT2D eigenvalue weighted by Gasteiger charge is -2.19. The van der Waals surface area contributed by atoms with Gasteiger partial charge in [0.1, 0.15) is 10.6 Å². The number of hydrogen-bond acceptors (Lipinski definition) is 4. The quantitative estimate of drug-likeness (QED) is 0.825. The molecule has 3 rings (SSSR count). The van der Waals surface area contributed by atoms with Crippen molar-refractivity contribution < 1.29 is 17.9 Å². The minimum Gasteiger partial charge on any atom is -0.495 e. The van der Waals surface area contributed by atoms with E-state index in [0.717, 1.165) is 18.4 Å². The van der Waals surface area contributed by atoms with Gasteiger partial charge in [-0.3, -0.25) is 4.79 Å². The summed E-state index contributed by atoms with van der Waals surface area (Å²) in [6, 6.07) is 13.9. The summed E-state index contributed by atoms with van der Waals surface area (Å²) in [6.07, 6.45) is 1.69. The predicted molar refractivity (Wildman–Crippen MR) is 103 cm³/mol. The van der Waals surface area contributed by atoms with Crippen molar-refractivity contribution in [1.29, 1.82) is 0 Å². The Morgan fingerprint density at radius 3 is 2.41 bits per heavy atom. The number of sulfonamides is 1. The van der Waals surface area contributed by atoms with Crippen molar-refractivity contribution >= 4 is 15.9 Å². The number of nitrogens with zero attached hydrogens (tertiary/aromatic N) is 1. The van der Waals surface area contributed by atoms with Gasteiger partial charge in [0.15, 0.2) is 0 Å². The molecule has 1 amide bonds. The van der Waals surface area contributed by atoms with Gasteiger partial charge in [-0.2, -0.15) is 4.31 Å². The average molecular weight is 388 g/mol. The minimum atomic E-state index is -3.69. The third kappa shape index (κ3) is 4.14. The number of hydrogen-bond donors (Lipinski definition) is 1. The summed E-state index contributed by atoms with van der Waals surface area (Å²) < 4.78 is 32.6. The summed E-state index contributed by atoms with van der Waals surface area (Å²) in [5, 5.41) is 2.91. The van der Waals surface area contributed by atoms with Crippen molar-refractivity contribution in [2.45, 2.75) is 30.7 Å². The predicted octanol–water partition coefficient (Wildman–Crippen LogP) is 2.97. The Morgan fingerprint density at radius 2 is 1.78 bits per heavy atom. The van der Waals surface area contributed by atoms with Gasteiger partial charge in [0, 0.05) is 18.7 Å². The molecule has 0 aliphatic carbocycles. The highest BCUT2D eigenvalue weighted by Crippen LogP contribution is 2.30. The molecule has 0 saturated carbocycles. The fourth-order valence-corrected chi connectivity index (χ4v) is 4.89. The van der Waals surface area contributed by atoms with E-state index in [1.54, 1.807) is 6.07 Å². The van der Waals surface area contributed by atoms with Crippen molar-refractivity contribution in [2.75, 3.05) is 20.2 Å². The lowest BCUT2D eigenvalue weighted by molar-refractivity contribution is 0.0939. The van der Waals surface area contributed by atoms with E-state index in [-0.39, 0.29) is 28.2 Å². The molecule has 1 aliphatic rings. The Labute approximate surface area is 160 Å². The fraction of sp³-hybridized carbons (Fsp3) is 0.350. The Balaban J connectivity index is 1.87. The molecule has 1 N–H and O–H groups in total. The van der Waals surface area contributed by atoms with Crippen LogP contribution in [-0.2, 0) is 10.0 Å². The highest BCUT2D eigenvalue weighted by Gasteiger charge is 2.30. The number of methoxy groups -OCH3 is 1. The molecule has 7 heteroatoms. The molecule has 27 heavy (non-hydrogen) atoms. The summed E-state index contributed by atoms with van der Waals surface area (Å²) in [4.78, 5) is 12.7. The largest absolute Gasteiger partial charge is 0.495 e. The van der Waals surface area contributed by atoms with Crippen LogP contribution in [0.4, 0.5) is 0 Å². The van der Waals surface area contributed by atoms with Crippen molar-refractivity contribution in [3.63, 3.8) is 0 Å². The highest BCUT2D eigenvalue weighted by atomic mass is 32.2. The molecular weight excluding hydrogens is 364 g/mol. The molecule has 144 valence electrons. The first-order valence-electron chi connectivity index (χ1n) is 8.97. The van der Waals surface area contributed by atoms with Crippen molar-refractivity contribution in [3.05, 3.63) is 59.7 Å². The van der Waals surface area contributed by atoms with Crippen LogP contribution >= 0.6 is 0 Å².